The molecule has 2 aromatic heterocycles. The van der Waals surface area contributed by atoms with Gasteiger partial charge in [0.2, 0.25) is 5.91 Å². The Labute approximate surface area is 145 Å². The Bertz CT molecular complexity index is 761. The van der Waals surface area contributed by atoms with Gasteiger partial charge in [-0.2, -0.15) is 0 Å². The number of aryl methyl sites for hydroxylation is 3. The molecule has 1 N–H and O–H groups in total. The third-order valence-electron chi connectivity index (χ3n) is 3.80. The molecule has 1 aliphatic carbocycles. The van der Waals surface area contributed by atoms with Crippen molar-refractivity contribution < 1.29 is 4.79 Å². The summed E-state index contributed by atoms with van der Waals surface area (Å²) in [5.41, 5.74) is 1.20. The van der Waals surface area contributed by atoms with E-state index in [-0.39, 0.29) is 16.7 Å². The predicted molar refractivity (Wildman–Crippen MR) is 97.4 cm³/mol. The number of amides is 1. The first-order valence-electron chi connectivity index (χ1n) is 8.02. The Kier molecular flexibility index (Phi) is 4.40. The summed E-state index contributed by atoms with van der Waals surface area (Å²) in [4.78, 5) is 24.2. The molecule has 1 aliphatic rings. The second-order valence-electron chi connectivity index (χ2n) is 7.11. The maximum absolute atomic E-state index is 12.4. The highest BCUT2D eigenvalue weighted by Crippen LogP contribution is 2.41. The molecule has 124 valence electrons. The standard InChI is InChI=1S/C17H23N3OS2/c1-9(14(21)20-17(3,4)5)22-15-13-11-7-6-8-12(11)23-16(13)19-10(2)18-15/h9H,6-8H2,1-5H3,(H,20,21)/t9-/m1/s1. The highest BCUT2D eigenvalue weighted by Gasteiger charge is 2.25. The zero-order valence-corrected chi connectivity index (χ0v) is 16.0. The fourth-order valence-electron chi connectivity index (χ4n) is 2.84. The van der Waals surface area contributed by atoms with E-state index in [2.05, 4.69) is 15.3 Å². The summed E-state index contributed by atoms with van der Waals surface area (Å²) >= 11 is 3.35. The van der Waals surface area contributed by atoms with Crippen LogP contribution >= 0.6 is 23.1 Å². The molecule has 0 saturated carbocycles. The van der Waals surface area contributed by atoms with Crippen molar-refractivity contribution in [2.45, 2.75) is 69.7 Å². The molecule has 1 atom stereocenters. The van der Waals surface area contributed by atoms with Gasteiger partial charge in [-0.1, -0.05) is 11.8 Å². The fraction of sp³-hybridized carbons (Fsp3) is 0.588. The average molecular weight is 350 g/mol. The summed E-state index contributed by atoms with van der Waals surface area (Å²) in [7, 11) is 0. The quantitative estimate of drug-likeness (QED) is 0.675. The van der Waals surface area contributed by atoms with Crippen LogP contribution in [0.15, 0.2) is 5.03 Å². The summed E-state index contributed by atoms with van der Waals surface area (Å²) in [5.74, 6) is 0.835. The minimum Gasteiger partial charge on any atom is -0.351 e. The molecule has 0 radical (unpaired) electrons. The van der Waals surface area contributed by atoms with E-state index >= 15 is 0 Å². The first-order valence-corrected chi connectivity index (χ1v) is 9.72. The first-order chi connectivity index (χ1) is 10.7. The van der Waals surface area contributed by atoms with Crippen molar-refractivity contribution in [1.29, 1.82) is 0 Å². The number of carbonyl (C=O) groups excluding carboxylic acids is 1. The summed E-state index contributed by atoms with van der Waals surface area (Å²) in [6.45, 7) is 9.87. The molecular formula is C17H23N3OS2. The Balaban J connectivity index is 1.92. The van der Waals surface area contributed by atoms with Crippen molar-refractivity contribution in [2.75, 3.05) is 0 Å². The van der Waals surface area contributed by atoms with E-state index in [1.165, 1.54) is 22.2 Å². The number of hydrogen-bond acceptors (Lipinski definition) is 5. The van der Waals surface area contributed by atoms with Gasteiger partial charge in [-0.3, -0.25) is 4.79 Å². The van der Waals surface area contributed by atoms with Crippen LogP contribution in [0, 0.1) is 6.92 Å². The lowest BCUT2D eigenvalue weighted by atomic mass is 10.1. The minimum atomic E-state index is -0.216. The Morgan fingerprint density at radius 1 is 1.30 bits per heavy atom. The van der Waals surface area contributed by atoms with E-state index in [9.17, 15) is 4.79 Å². The van der Waals surface area contributed by atoms with E-state index < -0.39 is 0 Å². The van der Waals surface area contributed by atoms with Crippen LogP contribution in [-0.2, 0) is 17.6 Å². The van der Waals surface area contributed by atoms with E-state index in [1.807, 2.05) is 34.6 Å². The lowest BCUT2D eigenvalue weighted by Crippen LogP contribution is -2.44. The number of hydrogen-bond donors (Lipinski definition) is 1. The van der Waals surface area contributed by atoms with Crippen molar-refractivity contribution in [3.8, 4) is 0 Å². The van der Waals surface area contributed by atoms with Crippen LogP contribution in [0.4, 0.5) is 0 Å². The van der Waals surface area contributed by atoms with Gasteiger partial charge in [-0.15, -0.1) is 11.3 Å². The largest absolute Gasteiger partial charge is 0.351 e. The van der Waals surface area contributed by atoms with Crippen molar-refractivity contribution in [2.24, 2.45) is 0 Å². The second kappa shape index (κ2) is 6.06. The Morgan fingerprint density at radius 2 is 2.04 bits per heavy atom. The molecule has 1 amide bonds. The van der Waals surface area contributed by atoms with Gasteiger partial charge in [0.25, 0.3) is 0 Å². The molecule has 2 aromatic rings. The van der Waals surface area contributed by atoms with Gasteiger partial charge >= 0.3 is 0 Å². The third kappa shape index (κ3) is 3.53. The average Bonchev–Trinajstić information content (AvgIpc) is 2.95. The van der Waals surface area contributed by atoms with Crippen molar-refractivity contribution in [1.82, 2.24) is 15.3 Å². The molecule has 23 heavy (non-hydrogen) atoms. The van der Waals surface area contributed by atoms with E-state index in [4.69, 9.17) is 0 Å². The fourth-order valence-corrected chi connectivity index (χ4v) is 5.24. The molecule has 0 aromatic carbocycles. The number of nitrogens with zero attached hydrogens (tertiary/aromatic N) is 2. The van der Waals surface area contributed by atoms with Gasteiger partial charge < -0.3 is 5.32 Å². The van der Waals surface area contributed by atoms with E-state index in [0.29, 0.717) is 0 Å². The first kappa shape index (κ1) is 16.7. The molecule has 0 saturated heterocycles. The zero-order valence-electron chi connectivity index (χ0n) is 14.3. The van der Waals surface area contributed by atoms with Crippen LogP contribution in [0.1, 0.15) is 50.4 Å². The van der Waals surface area contributed by atoms with Crippen LogP contribution in [0.3, 0.4) is 0 Å². The summed E-state index contributed by atoms with van der Waals surface area (Å²) in [6, 6.07) is 0. The van der Waals surface area contributed by atoms with Crippen molar-refractivity contribution in [3.05, 3.63) is 16.3 Å². The summed E-state index contributed by atoms with van der Waals surface area (Å²) in [5, 5.41) is 5.02. The molecule has 0 unspecified atom stereocenters. The third-order valence-corrected chi connectivity index (χ3v) is 6.07. The number of thiophene rings is 1. The SMILES string of the molecule is Cc1nc(S[C@H](C)C(=O)NC(C)(C)C)c2c3c(sc2n1)CCC3. The van der Waals surface area contributed by atoms with Crippen LogP contribution in [0.2, 0.25) is 0 Å². The van der Waals surface area contributed by atoms with Crippen LogP contribution < -0.4 is 5.32 Å². The summed E-state index contributed by atoms with van der Waals surface area (Å²) < 4.78 is 0. The monoisotopic (exact) mass is 349 g/mol. The topological polar surface area (TPSA) is 54.9 Å². The number of nitrogens with one attached hydrogen (secondary N) is 1. The molecule has 3 rings (SSSR count). The van der Waals surface area contributed by atoms with Gasteiger partial charge in [-0.25, -0.2) is 9.97 Å². The molecule has 4 nitrogen and oxygen atoms in total. The minimum absolute atomic E-state index is 0.0544. The number of fused-ring (bicyclic) bond motifs is 3. The van der Waals surface area contributed by atoms with Crippen LogP contribution in [0.5, 0.6) is 0 Å². The Morgan fingerprint density at radius 3 is 2.74 bits per heavy atom. The van der Waals surface area contributed by atoms with Gasteiger partial charge in [0.05, 0.1) is 5.25 Å². The number of aromatic nitrogens is 2. The lowest BCUT2D eigenvalue weighted by molar-refractivity contribution is -0.121. The molecule has 0 aliphatic heterocycles. The van der Waals surface area contributed by atoms with E-state index in [0.717, 1.165) is 28.5 Å². The Hall–Kier alpha value is -1.14. The molecule has 0 spiro atoms. The summed E-state index contributed by atoms with van der Waals surface area (Å²) in [6.07, 6.45) is 3.48. The molecule has 2 heterocycles. The maximum Gasteiger partial charge on any atom is 0.233 e. The predicted octanol–water partition coefficient (Wildman–Crippen LogP) is 3.88. The number of rotatable bonds is 3. The molecule has 0 bridgehead atoms. The zero-order chi connectivity index (χ0) is 16.8. The maximum atomic E-state index is 12.4. The number of carbonyl (C=O) groups is 1. The molecule has 6 heteroatoms. The van der Waals surface area contributed by atoms with Crippen LogP contribution in [0.25, 0.3) is 10.2 Å². The van der Waals surface area contributed by atoms with E-state index in [1.54, 1.807) is 23.1 Å². The second-order valence-corrected chi connectivity index (χ2v) is 9.53. The van der Waals surface area contributed by atoms with Gasteiger partial charge in [0.15, 0.2) is 0 Å². The van der Waals surface area contributed by atoms with Gasteiger partial charge in [0.1, 0.15) is 15.7 Å². The smallest absolute Gasteiger partial charge is 0.233 e. The molecule has 0 fully saturated rings. The highest BCUT2D eigenvalue weighted by molar-refractivity contribution is 8.00. The highest BCUT2D eigenvalue weighted by atomic mass is 32.2. The normalized spacial score (nSPS) is 15.7. The number of thioether (sulfide) groups is 1. The van der Waals surface area contributed by atoms with Crippen molar-refractivity contribution in [3.63, 3.8) is 0 Å². The van der Waals surface area contributed by atoms with Crippen molar-refractivity contribution >= 4 is 39.2 Å². The molecular weight excluding hydrogens is 326 g/mol. The van der Waals surface area contributed by atoms with Crippen LogP contribution in [-0.4, -0.2) is 26.7 Å². The lowest BCUT2D eigenvalue weighted by Gasteiger charge is -2.23. The van der Waals surface area contributed by atoms with Gasteiger partial charge in [0, 0.05) is 15.8 Å². The van der Waals surface area contributed by atoms with Gasteiger partial charge in [-0.05, 0) is 59.4 Å².